The molecule has 0 bridgehead atoms. The van der Waals surface area contributed by atoms with E-state index in [1.54, 1.807) is 16.8 Å². The Labute approximate surface area is 110 Å². The summed E-state index contributed by atoms with van der Waals surface area (Å²) in [5, 5.41) is 11.4. The summed E-state index contributed by atoms with van der Waals surface area (Å²) in [7, 11) is 1.85. The first-order valence-corrected chi connectivity index (χ1v) is 5.75. The normalized spacial score (nSPS) is 10.0. The molecule has 88 valence electrons. The zero-order valence-electron chi connectivity index (χ0n) is 9.14. The van der Waals surface area contributed by atoms with Gasteiger partial charge in [0.25, 0.3) is 0 Å². The maximum atomic E-state index is 5.79. The molecule has 0 fully saturated rings. The number of aryl methyl sites for hydroxylation is 1. The quantitative estimate of drug-likeness (QED) is 0.821. The lowest BCUT2D eigenvalue weighted by atomic mass is 10.3. The van der Waals surface area contributed by atoms with Crippen molar-refractivity contribution in [3.8, 4) is 0 Å². The van der Waals surface area contributed by atoms with E-state index < -0.39 is 0 Å². The lowest BCUT2D eigenvalue weighted by Crippen LogP contribution is -2.19. The molecule has 0 saturated heterocycles. The highest BCUT2D eigenvalue weighted by atomic mass is 35.5. The minimum atomic E-state index is 0.492. The van der Waals surface area contributed by atoms with Crippen molar-refractivity contribution in [1.29, 1.82) is 0 Å². The van der Waals surface area contributed by atoms with Crippen LogP contribution in [0.3, 0.4) is 0 Å². The van der Waals surface area contributed by atoms with Crippen LogP contribution in [0.4, 0.5) is 11.5 Å². The van der Waals surface area contributed by atoms with Crippen molar-refractivity contribution in [2.75, 3.05) is 10.6 Å². The minimum absolute atomic E-state index is 0.492. The Bertz CT molecular complexity index is 521. The Morgan fingerprint density at radius 2 is 1.94 bits per heavy atom. The van der Waals surface area contributed by atoms with Crippen LogP contribution in [0.5, 0.6) is 0 Å². The molecule has 2 aromatic rings. The Kier molecular flexibility index (Phi) is 3.61. The largest absolute Gasteiger partial charge is 0.332 e. The van der Waals surface area contributed by atoms with Crippen LogP contribution in [0.15, 0.2) is 36.5 Å². The van der Waals surface area contributed by atoms with Gasteiger partial charge in [-0.15, -0.1) is 0 Å². The predicted octanol–water partition coefficient (Wildman–Crippen LogP) is 2.88. The number of hydrogen-bond acceptors (Lipinski definition) is 2. The van der Waals surface area contributed by atoms with Gasteiger partial charge in [-0.25, -0.2) is 0 Å². The van der Waals surface area contributed by atoms with Gasteiger partial charge < -0.3 is 10.6 Å². The Hall–Kier alpha value is -1.59. The van der Waals surface area contributed by atoms with Crippen molar-refractivity contribution in [1.82, 2.24) is 9.78 Å². The Morgan fingerprint density at radius 3 is 2.53 bits per heavy atom. The van der Waals surface area contributed by atoms with Crippen molar-refractivity contribution in [2.45, 2.75) is 0 Å². The molecule has 4 nitrogen and oxygen atoms in total. The lowest BCUT2D eigenvalue weighted by molar-refractivity contribution is 0.772. The molecule has 2 N–H and O–H groups in total. The first-order chi connectivity index (χ1) is 8.13. The van der Waals surface area contributed by atoms with Gasteiger partial charge in [0.15, 0.2) is 10.9 Å². The van der Waals surface area contributed by atoms with E-state index >= 15 is 0 Å². The monoisotopic (exact) mass is 266 g/mol. The van der Waals surface area contributed by atoms with Gasteiger partial charge in [0.2, 0.25) is 0 Å². The number of thiocarbonyl (C=S) groups is 1. The van der Waals surface area contributed by atoms with E-state index in [-0.39, 0.29) is 0 Å². The van der Waals surface area contributed by atoms with Crippen molar-refractivity contribution >= 4 is 40.4 Å². The van der Waals surface area contributed by atoms with Gasteiger partial charge in [-0.1, -0.05) is 11.6 Å². The summed E-state index contributed by atoms with van der Waals surface area (Å²) in [4.78, 5) is 0. The summed E-state index contributed by atoms with van der Waals surface area (Å²) in [6.45, 7) is 0. The van der Waals surface area contributed by atoms with Gasteiger partial charge in [-0.2, -0.15) is 5.10 Å². The van der Waals surface area contributed by atoms with Crippen LogP contribution in [0, 0.1) is 0 Å². The highest BCUT2D eigenvalue weighted by Crippen LogP contribution is 2.13. The fourth-order valence-electron chi connectivity index (χ4n) is 1.29. The van der Waals surface area contributed by atoms with Crippen LogP contribution < -0.4 is 10.6 Å². The van der Waals surface area contributed by atoms with Gasteiger partial charge in [-0.3, -0.25) is 4.68 Å². The molecule has 2 rings (SSSR count). The number of rotatable bonds is 2. The second-order valence-corrected chi connectivity index (χ2v) is 4.31. The molecule has 0 aliphatic heterocycles. The maximum Gasteiger partial charge on any atom is 0.176 e. The Morgan fingerprint density at radius 1 is 1.24 bits per heavy atom. The second kappa shape index (κ2) is 5.16. The molecule has 0 spiro atoms. The van der Waals surface area contributed by atoms with Gasteiger partial charge in [0, 0.05) is 30.0 Å². The third-order valence-corrected chi connectivity index (χ3v) is 2.51. The number of benzene rings is 1. The summed E-state index contributed by atoms with van der Waals surface area (Å²) in [6, 6.07) is 9.15. The molecule has 0 aliphatic rings. The molecule has 0 amide bonds. The zero-order valence-corrected chi connectivity index (χ0v) is 10.7. The molecule has 1 aromatic carbocycles. The van der Waals surface area contributed by atoms with Crippen LogP contribution in [0.2, 0.25) is 5.02 Å². The van der Waals surface area contributed by atoms with E-state index in [0.717, 1.165) is 5.69 Å². The molecule has 0 aliphatic carbocycles. The number of hydrogen-bond donors (Lipinski definition) is 2. The average Bonchev–Trinajstić information content (AvgIpc) is 2.67. The average molecular weight is 267 g/mol. The van der Waals surface area contributed by atoms with E-state index in [1.807, 2.05) is 31.4 Å². The van der Waals surface area contributed by atoms with Crippen LogP contribution in [0.25, 0.3) is 0 Å². The van der Waals surface area contributed by atoms with Gasteiger partial charge >= 0.3 is 0 Å². The summed E-state index contributed by atoms with van der Waals surface area (Å²) in [5.74, 6) is 0.707. The Balaban J connectivity index is 1.95. The fraction of sp³-hybridized carbons (Fsp3) is 0.0909. The summed E-state index contributed by atoms with van der Waals surface area (Å²) in [6.07, 6.45) is 1.84. The number of nitrogens with one attached hydrogen (secondary N) is 2. The molecule has 0 atom stereocenters. The highest BCUT2D eigenvalue weighted by molar-refractivity contribution is 7.80. The number of nitrogens with zero attached hydrogens (tertiary/aromatic N) is 2. The molecular weight excluding hydrogens is 256 g/mol. The van der Waals surface area contributed by atoms with Crippen molar-refractivity contribution in [3.05, 3.63) is 41.6 Å². The summed E-state index contributed by atoms with van der Waals surface area (Å²) in [5.41, 5.74) is 0.878. The smallest absolute Gasteiger partial charge is 0.176 e. The standard InChI is InChI=1S/C11H11ClN4S/c1-16-7-6-10(15-16)14-11(17)13-9-4-2-8(12)3-5-9/h2-7H,1H3,(H2,13,14,15,17). The van der Waals surface area contributed by atoms with Crippen molar-refractivity contribution in [2.24, 2.45) is 7.05 Å². The first kappa shape index (κ1) is 11.9. The molecule has 1 heterocycles. The number of halogens is 1. The third kappa shape index (κ3) is 3.44. The molecule has 1 aromatic heterocycles. The van der Waals surface area contributed by atoms with E-state index in [9.17, 15) is 0 Å². The highest BCUT2D eigenvalue weighted by Gasteiger charge is 2.00. The van der Waals surface area contributed by atoms with E-state index in [4.69, 9.17) is 23.8 Å². The number of aromatic nitrogens is 2. The SMILES string of the molecule is Cn1ccc(NC(=S)Nc2ccc(Cl)cc2)n1. The summed E-state index contributed by atoms with van der Waals surface area (Å²) < 4.78 is 1.70. The van der Waals surface area contributed by atoms with E-state index in [0.29, 0.717) is 16.0 Å². The van der Waals surface area contributed by atoms with Crippen molar-refractivity contribution < 1.29 is 0 Å². The van der Waals surface area contributed by atoms with Crippen LogP contribution in [0.1, 0.15) is 0 Å². The lowest BCUT2D eigenvalue weighted by Gasteiger charge is -2.08. The first-order valence-electron chi connectivity index (χ1n) is 4.97. The molecular formula is C11H11ClN4S. The third-order valence-electron chi connectivity index (χ3n) is 2.06. The van der Waals surface area contributed by atoms with Crippen LogP contribution in [-0.2, 0) is 7.05 Å². The molecule has 0 radical (unpaired) electrons. The summed E-state index contributed by atoms with van der Waals surface area (Å²) >= 11 is 10.9. The zero-order chi connectivity index (χ0) is 12.3. The molecule has 0 saturated carbocycles. The van der Waals surface area contributed by atoms with Gasteiger partial charge in [0.05, 0.1) is 0 Å². The van der Waals surface area contributed by atoms with Crippen LogP contribution in [-0.4, -0.2) is 14.9 Å². The van der Waals surface area contributed by atoms with E-state index in [1.165, 1.54) is 0 Å². The predicted molar refractivity (Wildman–Crippen MR) is 74.5 cm³/mol. The fourth-order valence-corrected chi connectivity index (χ4v) is 1.64. The van der Waals surface area contributed by atoms with Gasteiger partial charge in [0.1, 0.15) is 0 Å². The van der Waals surface area contributed by atoms with E-state index in [2.05, 4.69) is 15.7 Å². The second-order valence-electron chi connectivity index (χ2n) is 3.46. The van der Waals surface area contributed by atoms with Crippen molar-refractivity contribution in [3.63, 3.8) is 0 Å². The minimum Gasteiger partial charge on any atom is -0.332 e. The molecule has 0 unspecified atom stereocenters. The topological polar surface area (TPSA) is 41.9 Å². The van der Waals surface area contributed by atoms with Crippen LogP contribution >= 0.6 is 23.8 Å². The maximum absolute atomic E-state index is 5.79. The molecule has 6 heteroatoms. The van der Waals surface area contributed by atoms with Gasteiger partial charge in [-0.05, 0) is 36.5 Å². The number of anilines is 2. The molecule has 17 heavy (non-hydrogen) atoms.